The van der Waals surface area contributed by atoms with Crippen LogP contribution in [0.25, 0.3) is 11.0 Å². The van der Waals surface area contributed by atoms with E-state index < -0.39 is 0 Å². The SMILES string of the molecule is CCCn1c(CNC(=O)COc2cc(C)ccc2C)nc2ccccc21. The van der Waals surface area contributed by atoms with Gasteiger partial charge in [-0.05, 0) is 49.6 Å². The van der Waals surface area contributed by atoms with Crippen LogP contribution in [0.3, 0.4) is 0 Å². The summed E-state index contributed by atoms with van der Waals surface area (Å²) in [5, 5.41) is 2.92. The van der Waals surface area contributed by atoms with E-state index >= 15 is 0 Å². The zero-order valence-electron chi connectivity index (χ0n) is 15.6. The van der Waals surface area contributed by atoms with Crippen molar-refractivity contribution in [2.45, 2.75) is 40.3 Å². The number of fused-ring (bicyclic) bond motifs is 1. The van der Waals surface area contributed by atoms with Crippen LogP contribution >= 0.6 is 0 Å². The Kier molecular flexibility index (Phi) is 5.56. The number of carbonyl (C=O) groups excluding carboxylic acids is 1. The van der Waals surface area contributed by atoms with E-state index in [0.717, 1.165) is 46.7 Å². The van der Waals surface area contributed by atoms with Crippen molar-refractivity contribution >= 4 is 16.9 Å². The van der Waals surface area contributed by atoms with Gasteiger partial charge < -0.3 is 14.6 Å². The molecule has 3 rings (SSSR count). The lowest BCUT2D eigenvalue weighted by atomic mass is 10.1. The van der Waals surface area contributed by atoms with Gasteiger partial charge in [-0.15, -0.1) is 0 Å². The molecule has 5 heteroatoms. The van der Waals surface area contributed by atoms with Gasteiger partial charge in [0.05, 0.1) is 17.6 Å². The molecule has 0 radical (unpaired) electrons. The van der Waals surface area contributed by atoms with Crippen LogP contribution in [0.5, 0.6) is 5.75 Å². The minimum atomic E-state index is -0.152. The summed E-state index contributed by atoms with van der Waals surface area (Å²) in [6, 6.07) is 14.0. The molecule has 1 N–H and O–H groups in total. The number of nitrogens with one attached hydrogen (secondary N) is 1. The van der Waals surface area contributed by atoms with Crippen LogP contribution in [0, 0.1) is 13.8 Å². The van der Waals surface area contributed by atoms with Crippen LogP contribution in [0.15, 0.2) is 42.5 Å². The Balaban J connectivity index is 1.63. The van der Waals surface area contributed by atoms with Gasteiger partial charge in [-0.3, -0.25) is 4.79 Å². The van der Waals surface area contributed by atoms with Crippen LogP contribution in [-0.2, 0) is 17.9 Å². The summed E-state index contributed by atoms with van der Waals surface area (Å²) in [5.74, 6) is 1.47. The number of nitrogens with zero attached hydrogens (tertiary/aromatic N) is 2. The highest BCUT2D eigenvalue weighted by molar-refractivity contribution is 5.78. The van der Waals surface area contributed by atoms with Gasteiger partial charge in [0.1, 0.15) is 11.6 Å². The Morgan fingerprint density at radius 1 is 1.19 bits per heavy atom. The third-order valence-corrected chi connectivity index (χ3v) is 4.33. The van der Waals surface area contributed by atoms with Gasteiger partial charge in [0.25, 0.3) is 5.91 Å². The normalized spacial score (nSPS) is 10.9. The molecule has 0 aliphatic rings. The summed E-state index contributed by atoms with van der Waals surface area (Å²) in [6.07, 6.45) is 1.01. The lowest BCUT2D eigenvalue weighted by Crippen LogP contribution is -2.29. The lowest BCUT2D eigenvalue weighted by Gasteiger charge is -2.11. The smallest absolute Gasteiger partial charge is 0.258 e. The Morgan fingerprint density at radius 3 is 2.81 bits per heavy atom. The number of para-hydroxylation sites is 2. The number of imidazole rings is 1. The Morgan fingerprint density at radius 2 is 2.00 bits per heavy atom. The summed E-state index contributed by atoms with van der Waals surface area (Å²) in [5.41, 5.74) is 4.19. The van der Waals surface area contributed by atoms with E-state index in [1.165, 1.54) is 0 Å². The fraction of sp³-hybridized carbons (Fsp3) is 0.333. The Labute approximate surface area is 154 Å². The maximum atomic E-state index is 12.2. The highest BCUT2D eigenvalue weighted by Crippen LogP contribution is 2.19. The minimum absolute atomic E-state index is 0.00169. The van der Waals surface area contributed by atoms with E-state index in [0.29, 0.717) is 6.54 Å². The second-order valence-electron chi connectivity index (χ2n) is 6.50. The minimum Gasteiger partial charge on any atom is -0.483 e. The van der Waals surface area contributed by atoms with Crippen molar-refractivity contribution in [3.05, 3.63) is 59.4 Å². The van der Waals surface area contributed by atoms with Gasteiger partial charge in [0, 0.05) is 6.54 Å². The first-order valence-corrected chi connectivity index (χ1v) is 8.99. The molecule has 136 valence electrons. The average molecular weight is 351 g/mol. The van der Waals surface area contributed by atoms with Gasteiger partial charge in [-0.25, -0.2) is 4.98 Å². The van der Waals surface area contributed by atoms with Crippen molar-refractivity contribution in [3.8, 4) is 5.75 Å². The van der Waals surface area contributed by atoms with Crippen LogP contribution in [0.4, 0.5) is 0 Å². The van der Waals surface area contributed by atoms with Gasteiger partial charge in [-0.1, -0.05) is 31.2 Å². The van der Waals surface area contributed by atoms with Crippen LogP contribution < -0.4 is 10.1 Å². The summed E-state index contributed by atoms with van der Waals surface area (Å²) < 4.78 is 7.83. The molecule has 0 spiro atoms. The Hall–Kier alpha value is -2.82. The second-order valence-corrected chi connectivity index (χ2v) is 6.50. The number of aryl methyl sites for hydroxylation is 3. The van der Waals surface area contributed by atoms with Crippen molar-refractivity contribution in [3.63, 3.8) is 0 Å². The number of benzene rings is 2. The topological polar surface area (TPSA) is 56.2 Å². The zero-order valence-corrected chi connectivity index (χ0v) is 15.6. The fourth-order valence-electron chi connectivity index (χ4n) is 2.97. The molecular formula is C21H25N3O2. The standard InChI is InChI=1S/C21H25N3O2/c1-4-11-24-18-8-6-5-7-17(18)23-20(24)13-22-21(25)14-26-19-12-15(2)9-10-16(19)3/h5-10,12H,4,11,13-14H2,1-3H3,(H,22,25). The van der Waals surface area contributed by atoms with E-state index in [1.807, 2.05) is 50.2 Å². The van der Waals surface area contributed by atoms with E-state index in [1.54, 1.807) is 0 Å². The number of carbonyl (C=O) groups is 1. The summed E-state index contributed by atoms with van der Waals surface area (Å²) in [4.78, 5) is 16.9. The van der Waals surface area contributed by atoms with Crippen LogP contribution in [0.2, 0.25) is 0 Å². The second kappa shape index (κ2) is 8.04. The first-order chi connectivity index (χ1) is 12.6. The molecule has 1 heterocycles. The monoisotopic (exact) mass is 351 g/mol. The maximum Gasteiger partial charge on any atom is 0.258 e. The van der Waals surface area contributed by atoms with Crippen molar-refractivity contribution in [2.24, 2.45) is 0 Å². The van der Waals surface area contributed by atoms with E-state index in [4.69, 9.17) is 4.74 Å². The first kappa shape index (κ1) is 18.0. The molecule has 0 fully saturated rings. The molecule has 0 bridgehead atoms. The predicted octanol–water partition coefficient (Wildman–Crippen LogP) is 3.76. The molecule has 3 aromatic rings. The lowest BCUT2D eigenvalue weighted by molar-refractivity contribution is -0.123. The summed E-state index contributed by atoms with van der Waals surface area (Å²) in [7, 11) is 0. The molecule has 0 atom stereocenters. The van der Waals surface area contributed by atoms with E-state index in [-0.39, 0.29) is 12.5 Å². The molecule has 0 saturated carbocycles. The number of ether oxygens (including phenoxy) is 1. The quantitative estimate of drug-likeness (QED) is 0.705. The van der Waals surface area contributed by atoms with Crippen molar-refractivity contribution < 1.29 is 9.53 Å². The highest BCUT2D eigenvalue weighted by Gasteiger charge is 2.11. The highest BCUT2D eigenvalue weighted by atomic mass is 16.5. The third-order valence-electron chi connectivity index (χ3n) is 4.33. The molecule has 0 unspecified atom stereocenters. The number of amides is 1. The third kappa shape index (κ3) is 4.04. The van der Waals surface area contributed by atoms with Gasteiger partial charge in [0.2, 0.25) is 0 Å². The van der Waals surface area contributed by atoms with E-state index in [2.05, 4.69) is 27.9 Å². The van der Waals surface area contributed by atoms with Crippen molar-refractivity contribution in [1.29, 1.82) is 0 Å². The fourth-order valence-corrected chi connectivity index (χ4v) is 2.97. The van der Waals surface area contributed by atoms with E-state index in [9.17, 15) is 4.79 Å². The average Bonchev–Trinajstić information content (AvgIpc) is 2.99. The summed E-state index contributed by atoms with van der Waals surface area (Å²) in [6.45, 7) is 7.38. The molecule has 2 aromatic carbocycles. The van der Waals surface area contributed by atoms with Crippen molar-refractivity contribution in [1.82, 2.24) is 14.9 Å². The molecular weight excluding hydrogens is 326 g/mol. The molecule has 0 aliphatic carbocycles. The van der Waals surface area contributed by atoms with Crippen LogP contribution in [0.1, 0.15) is 30.3 Å². The number of aromatic nitrogens is 2. The molecule has 1 aromatic heterocycles. The first-order valence-electron chi connectivity index (χ1n) is 8.99. The summed E-state index contributed by atoms with van der Waals surface area (Å²) >= 11 is 0. The number of hydrogen-bond acceptors (Lipinski definition) is 3. The number of hydrogen-bond donors (Lipinski definition) is 1. The number of rotatable bonds is 7. The van der Waals surface area contributed by atoms with Gasteiger partial charge in [0.15, 0.2) is 6.61 Å². The molecule has 26 heavy (non-hydrogen) atoms. The van der Waals surface area contributed by atoms with Gasteiger partial charge in [-0.2, -0.15) is 0 Å². The molecule has 1 amide bonds. The Bertz CT molecular complexity index is 915. The van der Waals surface area contributed by atoms with Gasteiger partial charge >= 0.3 is 0 Å². The van der Waals surface area contributed by atoms with Crippen LogP contribution in [-0.4, -0.2) is 22.1 Å². The maximum absolute atomic E-state index is 12.2. The molecule has 5 nitrogen and oxygen atoms in total. The zero-order chi connectivity index (χ0) is 18.5. The largest absolute Gasteiger partial charge is 0.483 e. The molecule has 0 saturated heterocycles. The van der Waals surface area contributed by atoms with Crippen molar-refractivity contribution in [2.75, 3.05) is 6.61 Å². The predicted molar refractivity (Wildman–Crippen MR) is 103 cm³/mol. The molecule has 0 aliphatic heterocycles.